The lowest BCUT2D eigenvalue weighted by Crippen LogP contribution is -2.13. The summed E-state index contributed by atoms with van der Waals surface area (Å²) in [6, 6.07) is 0. The van der Waals surface area contributed by atoms with Crippen LogP contribution in [0.5, 0.6) is 0 Å². The summed E-state index contributed by atoms with van der Waals surface area (Å²) in [5.41, 5.74) is 1.15. The predicted octanol–water partition coefficient (Wildman–Crippen LogP) is 2.26. The molecule has 0 aliphatic rings. The Labute approximate surface area is 89.8 Å². The quantitative estimate of drug-likeness (QED) is 0.606. The highest BCUT2D eigenvalue weighted by Crippen LogP contribution is 2.16. The van der Waals surface area contributed by atoms with E-state index >= 15 is 0 Å². The first-order chi connectivity index (χ1) is 6.74. The van der Waals surface area contributed by atoms with Crippen LogP contribution < -0.4 is 5.32 Å². The van der Waals surface area contributed by atoms with E-state index in [1.54, 1.807) is 11.3 Å². The minimum absolute atomic E-state index is 0.919. The zero-order chi connectivity index (χ0) is 10.4. The molecule has 0 aliphatic carbocycles. The SMILES string of the molecule is CC#CCCNCc1sc(C)nc1C. The minimum atomic E-state index is 0.919. The highest BCUT2D eigenvalue weighted by molar-refractivity contribution is 7.11. The van der Waals surface area contributed by atoms with E-state index in [0.29, 0.717) is 0 Å². The van der Waals surface area contributed by atoms with Crippen LogP contribution in [0.3, 0.4) is 0 Å². The summed E-state index contributed by atoms with van der Waals surface area (Å²) in [6.07, 6.45) is 0.924. The van der Waals surface area contributed by atoms with Gasteiger partial charge in [-0.2, -0.15) is 0 Å². The molecule has 0 saturated heterocycles. The van der Waals surface area contributed by atoms with Gasteiger partial charge in [-0.1, -0.05) is 0 Å². The summed E-state index contributed by atoms with van der Waals surface area (Å²) in [7, 11) is 0. The van der Waals surface area contributed by atoms with Crippen molar-refractivity contribution in [3.8, 4) is 11.8 Å². The molecule has 0 fully saturated rings. The van der Waals surface area contributed by atoms with Gasteiger partial charge in [-0.15, -0.1) is 23.2 Å². The monoisotopic (exact) mass is 208 g/mol. The summed E-state index contributed by atoms with van der Waals surface area (Å²) < 4.78 is 0. The van der Waals surface area contributed by atoms with Gasteiger partial charge in [0.1, 0.15) is 0 Å². The molecule has 0 radical (unpaired) electrons. The van der Waals surface area contributed by atoms with Crippen molar-refractivity contribution in [1.82, 2.24) is 10.3 Å². The number of aryl methyl sites for hydroxylation is 2. The van der Waals surface area contributed by atoms with Gasteiger partial charge >= 0.3 is 0 Å². The topological polar surface area (TPSA) is 24.9 Å². The van der Waals surface area contributed by atoms with Crippen LogP contribution in [-0.4, -0.2) is 11.5 Å². The summed E-state index contributed by atoms with van der Waals surface area (Å²) in [5.74, 6) is 5.91. The van der Waals surface area contributed by atoms with Crippen LogP contribution >= 0.6 is 11.3 Å². The maximum absolute atomic E-state index is 4.38. The van der Waals surface area contributed by atoms with Crippen LogP contribution in [0.1, 0.15) is 28.9 Å². The van der Waals surface area contributed by atoms with E-state index in [0.717, 1.165) is 30.2 Å². The van der Waals surface area contributed by atoms with Crippen molar-refractivity contribution in [1.29, 1.82) is 0 Å². The molecule has 1 rings (SSSR count). The first-order valence-corrected chi connectivity index (χ1v) is 5.59. The van der Waals surface area contributed by atoms with Crippen molar-refractivity contribution < 1.29 is 0 Å². The van der Waals surface area contributed by atoms with Crippen molar-refractivity contribution >= 4 is 11.3 Å². The van der Waals surface area contributed by atoms with Crippen molar-refractivity contribution in [2.75, 3.05) is 6.54 Å². The summed E-state index contributed by atoms with van der Waals surface area (Å²) in [6.45, 7) is 7.85. The van der Waals surface area contributed by atoms with Crippen LogP contribution in [0.15, 0.2) is 0 Å². The van der Waals surface area contributed by atoms with Gasteiger partial charge in [0.25, 0.3) is 0 Å². The fourth-order valence-corrected chi connectivity index (χ4v) is 2.12. The first kappa shape index (κ1) is 11.2. The second kappa shape index (κ2) is 5.79. The molecule has 3 heteroatoms. The third kappa shape index (κ3) is 3.49. The molecule has 0 bridgehead atoms. The number of thiazole rings is 1. The molecule has 0 spiro atoms. The predicted molar refractivity (Wildman–Crippen MR) is 61.4 cm³/mol. The van der Waals surface area contributed by atoms with Gasteiger partial charge in [0.2, 0.25) is 0 Å². The Morgan fingerprint density at radius 2 is 2.21 bits per heavy atom. The maximum atomic E-state index is 4.38. The van der Waals surface area contributed by atoms with Crippen molar-refractivity contribution in [3.63, 3.8) is 0 Å². The normalized spacial score (nSPS) is 9.64. The molecule has 0 aromatic carbocycles. The van der Waals surface area contributed by atoms with Gasteiger partial charge in [0, 0.05) is 24.4 Å². The number of rotatable bonds is 4. The molecule has 1 aromatic heterocycles. The molecule has 76 valence electrons. The molecular weight excluding hydrogens is 192 g/mol. The zero-order valence-electron chi connectivity index (χ0n) is 8.98. The fourth-order valence-electron chi connectivity index (χ4n) is 1.22. The molecule has 0 saturated carbocycles. The molecular formula is C11H16N2S. The summed E-state index contributed by atoms with van der Waals surface area (Å²) in [5, 5.41) is 4.50. The van der Waals surface area contributed by atoms with E-state index in [1.165, 1.54) is 4.88 Å². The van der Waals surface area contributed by atoms with E-state index in [4.69, 9.17) is 0 Å². The second-order valence-electron chi connectivity index (χ2n) is 3.10. The molecule has 0 unspecified atom stereocenters. The van der Waals surface area contributed by atoms with Gasteiger partial charge in [-0.05, 0) is 20.8 Å². The minimum Gasteiger partial charge on any atom is -0.311 e. The Kier molecular flexibility index (Phi) is 4.64. The third-order valence-corrected chi connectivity index (χ3v) is 2.96. The maximum Gasteiger partial charge on any atom is 0.0900 e. The fraction of sp³-hybridized carbons (Fsp3) is 0.545. The average molecular weight is 208 g/mol. The first-order valence-electron chi connectivity index (χ1n) is 4.77. The van der Waals surface area contributed by atoms with Gasteiger partial charge in [0.05, 0.1) is 10.7 Å². The molecule has 0 atom stereocenters. The molecule has 1 heterocycles. The Hall–Kier alpha value is -0.850. The van der Waals surface area contributed by atoms with Gasteiger partial charge in [0.15, 0.2) is 0 Å². The van der Waals surface area contributed by atoms with Crippen LogP contribution in [-0.2, 0) is 6.54 Å². The van der Waals surface area contributed by atoms with E-state index in [1.807, 2.05) is 13.8 Å². The Morgan fingerprint density at radius 1 is 1.43 bits per heavy atom. The molecule has 0 amide bonds. The third-order valence-electron chi connectivity index (χ3n) is 1.89. The Balaban J connectivity index is 2.30. The second-order valence-corrected chi connectivity index (χ2v) is 4.38. The highest BCUT2D eigenvalue weighted by Gasteiger charge is 2.02. The van der Waals surface area contributed by atoms with Crippen LogP contribution in [0.25, 0.3) is 0 Å². The van der Waals surface area contributed by atoms with Crippen LogP contribution in [0.2, 0.25) is 0 Å². The average Bonchev–Trinajstić information content (AvgIpc) is 2.45. The molecule has 0 aliphatic heterocycles. The highest BCUT2D eigenvalue weighted by atomic mass is 32.1. The van der Waals surface area contributed by atoms with Gasteiger partial charge < -0.3 is 5.32 Å². The zero-order valence-corrected chi connectivity index (χ0v) is 9.79. The Bertz CT molecular complexity index is 344. The van der Waals surface area contributed by atoms with E-state index < -0.39 is 0 Å². The molecule has 2 nitrogen and oxygen atoms in total. The van der Waals surface area contributed by atoms with Gasteiger partial charge in [-0.3, -0.25) is 0 Å². The number of hydrogen-bond acceptors (Lipinski definition) is 3. The van der Waals surface area contributed by atoms with Crippen molar-refractivity contribution in [3.05, 3.63) is 15.6 Å². The Morgan fingerprint density at radius 3 is 2.79 bits per heavy atom. The summed E-state index contributed by atoms with van der Waals surface area (Å²) >= 11 is 1.77. The van der Waals surface area contributed by atoms with Crippen LogP contribution in [0, 0.1) is 25.7 Å². The lowest BCUT2D eigenvalue weighted by atomic mass is 10.3. The van der Waals surface area contributed by atoms with E-state index in [-0.39, 0.29) is 0 Å². The van der Waals surface area contributed by atoms with Crippen LogP contribution in [0.4, 0.5) is 0 Å². The number of aromatic nitrogens is 1. The molecule has 1 N–H and O–H groups in total. The van der Waals surface area contributed by atoms with E-state index in [9.17, 15) is 0 Å². The van der Waals surface area contributed by atoms with E-state index in [2.05, 4.69) is 29.1 Å². The lowest BCUT2D eigenvalue weighted by molar-refractivity contribution is 0.705. The molecule has 1 aromatic rings. The standard InChI is InChI=1S/C11H16N2S/c1-4-5-6-7-12-8-11-9(2)13-10(3)14-11/h12H,6-8H2,1-3H3. The van der Waals surface area contributed by atoms with Crippen molar-refractivity contribution in [2.45, 2.75) is 33.7 Å². The van der Waals surface area contributed by atoms with Crippen molar-refractivity contribution in [2.24, 2.45) is 0 Å². The number of hydrogen-bond donors (Lipinski definition) is 1. The number of nitrogens with zero attached hydrogens (tertiary/aromatic N) is 1. The smallest absolute Gasteiger partial charge is 0.0900 e. The summed E-state index contributed by atoms with van der Waals surface area (Å²) in [4.78, 5) is 5.72. The number of nitrogens with one attached hydrogen (secondary N) is 1. The largest absolute Gasteiger partial charge is 0.311 e. The molecule has 14 heavy (non-hydrogen) atoms. The van der Waals surface area contributed by atoms with Gasteiger partial charge in [-0.25, -0.2) is 4.98 Å². The lowest BCUT2D eigenvalue weighted by Gasteiger charge is -1.99.